The third-order valence-electron chi connectivity index (χ3n) is 1.59. The predicted molar refractivity (Wildman–Crippen MR) is 59.7 cm³/mol. The van der Waals surface area contributed by atoms with E-state index in [4.69, 9.17) is 11.6 Å². The molecule has 1 aromatic rings. The molecule has 0 radical (unpaired) electrons. The van der Waals surface area contributed by atoms with Crippen LogP contribution in [0.5, 0.6) is 0 Å². The molecule has 3 heteroatoms. The number of hydrogen-bond donors (Lipinski definition) is 0. The Morgan fingerprint density at radius 3 is 2.85 bits per heavy atom. The van der Waals surface area contributed by atoms with E-state index in [1.807, 2.05) is 24.3 Å². The molecular weight excluding hydrogens is 251 g/mol. The highest BCUT2D eigenvalue weighted by atomic mass is 79.9. The van der Waals surface area contributed by atoms with Crippen LogP contribution >= 0.6 is 27.5 Å². The molecule has 0 spiro atoms. The van der Waals surface area contributed by atoms with Gasteiger partial charge >= 0.3 is 0 Å². The highest BCUT2D eigenvalue weighted by Gasteiger charge is 2.01. The van der Waals surface area contributed by atoms with Gasteiger partial charge in [0.25, 0.3) is 0 Å². The van der Waals surface area contributed by atoms with Crippen molar-refractivity contribution in [1.82, 2.24) is 0 Å². The fraction of sp³-hybridized carbons (Fsp3) is 0.100. The normalized spacial score (nSPS) is 10.6. The Morgan fingerprint density at radius 1 is 1.46 bits per heavy atom. The molecule has 0 amide bonds. The Bertz CT molecular complexity index is 334. The molecule has 0 saturated carbocycles. The molecule has 1 aromatic carbocycles. The van der Waals surface area contributed by atoms with E-state index < -0.39 is 0 Å². The van der Waals surface area contributed by atoms with Gasteiger partial charge in [-0.25, -0.2) is 0 Å². The van der Waals surface area contributed by atoms with Crippen LogP contribution in [0.15, 0.2) is 24.3 Å². The van der Waals surface area contributed by atoms with Gasteiger partial charge in [-0.2, -0.15) is 0 Å². The Kier molecular flexibility index (Phi) is 4.19. The molecular formula is C10H8BrClO. The SMILES string of the molecule is O=Cc1c(Cl)cccc1C=CCBr. The summed E-state index contributed by atoms with van der Waals surface area (Å²) in [7, 11) is 0. The fourth-order valence-electron chi connectivity index (χ4n) is 0.995. The Hall–Kier alpha value is -0.600. The van der Waals surface area contributed by atoms with Crippen LogP contribution in [-0.4, -0.2) is 11.6 Å². The third kappa shape index (κ3) is 2.68. The second-order valence-corrected chi connectivity index (χ2v) is 3.47. The van der Waals surface area contributed by atoms with Gasteiger partial charge in [-0.1, -0.05) is 51.8 Å². The van der Waals surface area contributed by atoms with E-state index in [2.05, 4.69) is 15.9 Å². The smallest absolute Gasteiger partial charge is 0.152 e. The lowest BCUT2D eigenvalue weighted by Crippen LogP contribution is -1.86. The van der Waals surface area contributed by atoms with Crippen LogP contribution in [0.1, 0.15) is 15.9 Å². The predicted octanol–water partition coefficient (Wildman–Crippen LogP) is 3.56. The van der Waals surface area contributed by atoms with E-state index in [0.29, 0.717) is 10.6 Å². The minimum Gasteiger partial charge on any atom is -0.298 e. The van der Waals surface area contributed by atoms with Crippen molar-refractivity contribution in [2.45, 2.75) is 0 Å². The van der Waals surface area contributed by atoms with Crippen LogP contribution in [0.3, 0.4) is 0 Å². The fourth-order valence-corrected chi connectivity index (χ4v) is 1.41. The number of benzene rings is 1. The van der Waals surface area contributed by atoms with Crippen LogP contribution in [0.4, 0.5) is 0 Å². The lowest BCUT2D eigenvalue weighted by atomic mass is 10.1. The largest absolute Gasteiger partial charge is 0.298 e. The highest BCUT2D eigenvalue weighted by Crippen LogP contribution is 2.19. The summed E-state index contributed by atoms with van der Waals surface area (Å²) in [6.07, 6.45) is 4.55. The van der Waals surface area contributed by atoms with Gasteiger partial charge < -0.3 is 0 Å². The van der Waals surface area contributed by atoms with Gasteiger partial charge in [0, 0.05) is 10.9 Å². The first-order valence-corrected chi connectivity index (χ1v) is 5.25. The molecule has 0 aromatic heterocycles. The zero-order valence-corrected chi connectivity index (χ0v) is 9.18. The van der Waals surface area contributed by atoms with Crippen molar-refractivity contribution in [1.29, 1.82) is 0 Å². The molecule has 0 N–H and O–H groups in total. The summed E-state index contributed by atoms with van der Waals surface area (Å²) < 4.78 is 0. The molecule has 0 aliphatic carbocycles. The average molecular weight is 260 g/mol. The van der Waals surface area contributed by atoms with Gasteiger partial charge in [-0.05, 0) is 11.6 Å². The summed E-state index contributed by atoms with van der Waals surface area (Å²) in [6.45, 7) is 0. The van der Waals surface area contributed by atoms with Crippen LogP contribution in [0.25, 0.3) is 6.08 Å². The number of carbonyl (C=O) groups excluding carboxylic acids is 1. The van der Waals surface area contributed by atoms with Gasteiger partial charge in [0.15, 0.2) is 6.29 Å². The zero-order chi connectivity index (χ0) is 9.68. The van der Waals surface area contributed by atoms with Crippen molar-refractivity contribution in [2.24, 2.45) is 0 Å². The quantitative estimate of drug-likeness (QED) is 0.599. The summed E-state index contributed by atoms with van der Waals surface area (Å²) in [6, 6.07) is 5.38. The van der Waals surface area contributed by atoms with E-state index in [1.54, 1.807) is 6.07 Å². The molecule has 0 aliphatic heterocycles. The molecule has 0 atom stereocenters. The van der Waals surface area contributed by atoms with Crippen molar-refractivity contribution in [3.8, 4) is 0 Å². The first-order valence-electron chi connectivity index (χ1n) is 3.75. The van der Waals surface area contributed by atoms with Crippen molar-refractivity contribution in [3.05, 3.63) is 40.4 Å². The maximum atomic E-state index is 10.7. The summed E-state index contributed by atoms with van der Waals surface area (Å²) in [5, 5.41) is 1.25. The number of rotatable bonds is 3. The van der Waals surface area contributed by atoms with E-state index in [-0.39, 0.29) is 0 Å². The van der Waals surface area contributed by atoms with Gasteiger partial charge in [0.1, 0.15) is 0 Å². The lowest BCUT2D eigenvalue weighted by Gasteiger charge is -1.99. The number of halogens is 2. The minimum absolute atomic E-state index is 0.492. The monoisotopic (exact) mass is 258 g/mol. The molecule has 0 saturated heterocycles. The maximum Gasteiger partial charge on any atom is 0.152 e. The highest BCUT2D eigenvalue weighted by molar-refractivity contribution is 9.09. The molecule has 13 heavy (non-hydrogen) atoms. The number of alkyl halides is 1. The first kappa shape index (κ1) is 10.5. The Labute approximate surface area is 90.5 Å². The molecule has 1 nitrogen and oxygen atoms in total. The van der Waals surface area contributed by atoms with E-state index in [9.17, 15) is 4.79 Å². The number of allylic oxidation sites excluding steroid dienone is 1. The van der Waals surface area contributed by atoms with Crippen LogP contribution in [0.2, 0.25) is 5.02 Å². The molecule has 0 unspecified atom stereocenters. The zero-order valence-electron chi connectivity index (χ0n) is 6.84. The molecule has 1 rings (SSSR count). The first-order chi connectivity index (χ1) is 6.29. The van der Waals surface area contributed by atoms with Crippen LogP contribution in [0, 0.1) is 0 Å². The van der Waals surface area contributed by atoms with Gasteiger partial charge in [0.05, 0.1) is 5.02 Å². The number of hydrogen-bond acceptors (Lipinski definition) is 1. The minimum atomic E-state index is 0.492. The maximum absolute atomic E-state index is 10.7. The molecule has 0 fully saturated rings. The topological polar surface area (TPSA) is 17.1 Å². The molecule has 68 valence electrons. The van der Waals surface area contributed by atoms with Crippen molar-refractivity contribution in [3.63, 3.8) is 0 Å². The van der Waals surface area contributed by atoms with E-state index >= 15 is 0 Å². The van der Waals surface area contributed by atoms with E-state index in [1.165, 1.54) is 0 Å². The summed E-state index contributed by atoms with van der Waals surface area (Å²) in [4.78, 5) is 10.7. The number of aldehydes is 1. The van der Waals surface area contributed by atoms with E-state index in [0.717, 1.165) is 17.2 Å². The van der Waals surface area contributed by atoms with Crippen molar-refractivity contribution >= 4 is 39.9 Å². The van der Waals surface area contributed by atoms with Crippen LogP contribution in [-0.2, 0) is 0 Å². The van der Waals surface area contributed by atoms with Gasteiger partial charge in [0.2, 0.25) is 0 Å². The molecule has 0 aliphatic rings. The summed E-state index contributed by atoms with van der Waals surface area (Å²) in [5.41, 5.74) is 1.39. The Balaban J connectivity index is 3.12. The third-order valence-corrected chi connectivity index (χ3v) is 2.29. The standard InChI is InChI=1S/C10H8BrClO/c11-6-2-4-8-3-1-5-10(12)9(8)7-13/h1-5,7H,6H2. The average Bonchev–Trinajstić information content (AvgIpc) is 2.15. The van der Waals surface area contributed by atoms with Gasteiger partial charge in [-0.3, -0.25) is 4.79 Å². The number of carbonyl (C=O) groups is 1. The second kappa shape index (κ2) is 5.20. The van der Waals surface area contributed by atoms with Crippen LogP contribution < -0.4 is 0 Å². The van der Waals surface area contributed by atoms with Crippen molar-refractivity contribution in [2.75, 3.05) is 5.33 Å². The second-order valence-electron chi connectivity index (χ2n) is 2.42. The summed E-state index contributed by atoms with van der Waals surface area (Å²) in [5.74, 6) is 0. The van der Waals surface area contributed by atoms with Crippen molar-refractivity contribution < 1.29 is 4.79 Å². The molecule has 0 heterocycles. The molecule has 0 bridgehead atoms. The summed E-state index contributed by atoms with van der Waals surface area (Å²) >= 11 is 9.10. The Morgan fingerprint density at radius 2 is 2.23 bits per heavy atom. The van der Waals surface area contributed by atoms with Gasteiger partial charge in [-0.15, -0.1) is 0 Å². The lowest BCUT2D eigenvalue weighted by molar-refractivity contribution is 0.112.